The van der Waals surface area contributed by atoms with E-state index in [4.69, 9.17) is 11.6 Å². The second kappa shape index (κ2) is 7.78. The van der Waals surface area contributed by atoms with E-state index >= 15 is 0 Å². The number of rotatable bonds is 4. The average Bonchev–Trinajstić information content (AvgIpc) is 2.54. The molecule has 0 aromatic heterocycles. The molecule has 1 saturated heterocycles. The second-order valence-corrected chi connectivity index (χ2v) is 7.16. The van der Waals surface area contributed by atoms with Crippen molar-refractivity contribution in [2.45, 2.75) is 37.7 Å². The maximum absolute atomic E-state index is 10.5. The quantitative estimate of drug-likeness (QED) is 0.894. The summed E-state index contributed by atoms with van der Waals surface area (Å²) in [6.07, 6.45) is 4.31. The summed E-state index contributed by atoms with van der Waals surface area (Å²) in [7, 11) is 0. The van der Waals surface area contributed by atoms with Crippen LogP contribution in [0.3, 0.4) is 0 Å². The van der Waals surface area contributed by atoms with Gasteiger partial charge in [-0.2, -0.15) is 0 Å². The molecule has 0 amide bonds. The number of aliphatic hydroxyl groups excluding tert-OH is 1. The lowest BCUT2D eigenvalue weighted by atomic mass is 9.74. The van der Waals surface area contributed by atoms with Gasteiger partial charge in [0.15, 0.2) is 0 Å². The molecule has 1 aliphatic heterocycles. The van der Waals surface area contributed by atoms with Crippen LogP contribution in [0.15, 0.2) is 24.3 Å². The van der Waals surface area contributed by atoms with E-state index in [2.05, 4.69) is 22.3 Å². The van der Waals surface area contributed by atoms with Crippen molar-refractivity contribution < 1.29 is 5.11 Å². The highest BCUT2D eigenvalue weighted by Gasteiger charge is 2.33. The smallest absolute Gasteiger partial charge is 0.0574 e. The summed E-state index contributed by atoms with van der Waals surface area (Å²) in [6.45, 7) is 5.36. The monoisotopic (exact) mass is 322 g/mol. The van der Waals surface area contributed by atoms with Crippen LogP contribution in [0.25, 0.3) is 0 Å². The van der Waals surface area contributed by atoms with Gasteiger partial charge in [0.2, 0.25) is 0 Å². The Hall–Kier alpha value is -0.610. The zero-order chi connectivity index (χ0) is 15.4. The van der Waals surface area contributed by atoms with Crippen molar-refractivity contribution in [2.75, 3.05) is 32.7 Å². The normalized spacial score (nSPS) is 28.5. The lowest BCUT2D eigenvalue weighted by molar-refractivity contribution is 0.0448. The molecule has 122 valence electrons. The maximum Gasteiger partial charge on any atom is 0.0574 e. The fourth-order valence-electron chi connectivity index (χ4n) is 4.01. The molecule has 1 saturated carbocycles. The van der Waals surface area contributed by atoms with E-state index < -0.39 is 0 Å². The van der Waals surface area contributed by atoms with Crippen LogP contribution < -0.4 is 5.32 Å². The van der Waals surface area contributed by atoms with Gasteiger partial charge in [-0.05, 0) is 36.5 Å². The van der Waals surface area contributed by atoms with E-state index in [1.54, 1.807) is 0 Å². The first-order valence-corrected chi connectivity index (χ1v) is 8.98. The Morgan fingerprint density at radius 3 is 2.73 bits per heavy atom. The predicted octanol–water partition coefficient (Wildman–Crippen LogP) is 2.88. The molecular formula is C18H27ClN2O. The molecule has 1 aromatic rings. The Kier molecular flexibility index (Phi) is 5.75. The SMILES string of the molecule is OC1CCCCC1C(CN1CCNCC1)c1cccc(Cl)c1. The molecule has 3 atom stereocenters. The van der Waals surface area contributed by atoms with Crippen molar-refractivity contribution in [3.63, 3.8) is 0 Å². The third-order valence-electron chi connectivity index (χ3n) is 5.24. The maximum atomic E-state index is 10.5. The number of aliphatic hydroxyl groups is 1. The van der Waals surface area contributed by atoms with Crippen molar-refractivity contribution in [3.8, 4) is 0 Å². The molecule has 1 heterocycles. The third kappa shape index (κ3) is 4.02. The van der Waals surface area contributed by atoms with E-state index in [0.717, 1.165) is 57.0 Å². The van der Waals surface area contributed by atoms with Gasteiger partial charge in [-0.25, -0.2) is 0 Å². The van der Waals surface area contributed by atoms with E-state index in [1.165, 1.54) is 12.0 Å². The summed E-state index contributed by atoms with van der Waals surface area (Å²) in [6, 6.07) is 8.25. The Bertz CT molecular complexity index is 476. The van der Waals surface area contributed by atoms with Crippen LogP contribution in [0, 0.1) is 5.92 Å². The summed E-state index contributed by atoms with van der Waals surface area (Å²) in [5, 5.41) is 14.7. The largest absolute Gasteiger partial charge is 0.393 e. The van der Waals surface area contributed by atoms with Gasteiger partial charge in [-0.1, -0.05) is 36.6 Å². The Balaban J connectivity index is 1.80. The zero-order valence-corrected chi connectivity index (χ0v) is 13.9. The van der Waals surface area contributed by atoms with Gasteiger partial charge >= 0.3 is 0 Å². The van der Waals surface area contributed by atoms with E-state index in [9.17, 15) is 5.11 Å². The van der Waals surface area contributed by atoms with Crippen molar-refractivity contribution >= 4 is 11.6 Å². The fourth-order valence-corrected chi connectivity index (χ4v) is 4.21. The van der Waals surface area contributed by atoms with Crippen LogP contribution in [0.4, 0.5) is 0 Å². The molecule has 2 aliphatic rings. The number of piperazine rings is 1. The second-order valence-electron chi connectivity index (χ2n) is 6.73. The van der Waals surface area contributed by atoms with Gasteiger partial charge in [0.05, 0.1) is 6.10 Å². The Labute approximate surface area is 138 Å². The summed E-state index contributed by atoms with van der Waals surface area (Å²) >= 11 is 6.22. The Morgan fingerprint density at radius 1 is 1.23 bits per heavy atom. The first-order chi connectivity index (χ1) is 10.7. The molecule has 2 N–H and O–H groups in total. The van der Waals surface area contributed by atoms with Crippen LogP contribution in [0.2, 0.25) is 5.02 Å². The van der Waals surface area contributed by atoms with Crippen molar-refractivity contribution in [1.29, 1.82) is 0 Å². The number of benzene rings is 1. The molecule has 3 rings (SSSR count). The van der Waals surface area contributed by atoms with E-state index in [0.29, 0.717) is 11.8 Å². The summed E-state index contributed by atoms with van der Waals surface area (Å²) in [5.41, 5.74) is 1.29. The highest BCUT2D eigenvalue weighted by atomic mass is 35.5. The lowest BCUT2D eigenvalue weighted by Crippen LogP contribution is -2.46. The molecule has 0 spiro atoms. The van der Waals surface area contributed by atoms with E-state index in [1.807, 2.05) is 12.1 Å². The number of hydrogen-bond acceptors (Lipinski definition) is 3. The zero-order valence-electron chi connectivity index (χ0n) is 13.2. The molecular weight excluding hydrogens is 296 g/mol. The molecule has 0 bridgehead atoms. The molecule has 4 heteroatoms. The first-order valence-electron chi connectivity index (χ1n) is 8.60. The standard InChI is InChI=1S/C18H27ClN2O/c19-15-5-3-4-14(12-15)17(13-21-10-8-20-9-11-21)16-6-1-2-7-18(16)22/h3-5,12,16-18,20,22H,1-2,6-11,13H2. The van der Waals surface area contributed by atoms with Crippen LogP contribution in [-0.2, 0) is 0 Å². The van der Waals surface area contributed by atoms with Gasteiger partial charge in [0.25, 0.3) is 0 Å². The lowest BCUT2D eigenvalue weighted by Gasteiger charge is -2.38. The molecule has 0 radical (unpaired) electrons. The third-order valence-corrected chi connectivity index (χ3v) is 5.47. The number of nitrogens with zero attached hydrogens (tertiary/aromatic N) is 1. The van der Waals surface area contributed by atoms with Crippen LogP contribution in [0.5, 0.6) is 0 Å². The van der Waals surface area contributed by atoms with Crippen LogP contribution in [0.1, 0.15) is 37.2 Å². The van der Waals surface area contributed by atoms with Crippen molar-refractivity contribution in [3.05, 3.63) is 34.9 Å². The van der Waals surface area contributed by atoms with Gasteiger partial charge < -0.3 is 15.3 Å². The minimum atomic E-state index is -0.166. The van der Waals surface area contributed by atoms with Crippen LogP contribution >= 0.6 is 11.6 Å². The molecule has 2 fully saturated rings. The number of nitrogens with one attached hydrogen (secondary N) is 1. The van der Waals surface area contributed by atoms with Gasteiger partial charge in [0.1, 0.15) is 0 Å². The highest BCUT2D eigenvalue weighted by Crippen LogP contribution is 2.37. The Morgan fingerprint density at radius 2 is 2.00 bits per heavy atom. The highest BCUT2D eigenvalue weighted by molar-refractivity contribution is 6.30. The fraction of sp³-hybridized carbons (Fsp3) is 0.667. The molecule has 3 unspecified atom stereocenters. The topological polar surface area (TPSA) is 35.5 Å². The molecule has 1 aliphatic carbocycles. The van der Waals surface area contributed by atoms with Gasteiger partial charge in [0, 0.05) is 43.7 Å². The van der Waals surface area contributed by atoms with Gasteiger partial charge in [-0.3, -0.25) is 0 Å². The predicted molar refractivity (Wildman–Crippen MR) is 91.5 cm³/mol. The summed E-state index contributed by atoms with van der Waals surface area (Å²) in [5.74, 6) is 0.745. The first kappa shape index (κ1) is 16.3. The number of halogens is 1. The molecule has 22 heavy (non-hydrogen) atoms. The molecule has 1 aromatic carbocycles. The summed E-state index contributed by atoms with van der Waals surface area (Å²) < 4.78 is 0. The number of hydrogen-bond donors (Lipinski definition) is 2. The minimum absolute atomic E-state index is 0.166. The van der Waals surface area contributed by atoms with Crippen molar-refractivity contribution in [1.82, 2.24) is 10.2 Å². The average molecular weight is 323 g/mol. The van der Waals surface area contributed by atoms with Gasteiger partial charge in [-0.15, -0.1) is 0 Å². The van der Waals surface area contributed by atoms with Crippen LogP contribution in [-0.4, -0.2) is 48.8 Å². The molecule has 3 nitrogen and oxygen atoms in total. The summed E-state index contributed by atoms with van der Waals surface area (Å²) in [4.78, 5) is 2.53. The van der Waals surface area contributed by atoms with Crippen molar-refractivity contribution in [2.24, 2.45) is 5.92 Å². The van der Waals surface area contributed by atoms with E-state index in [-0.39, 0.29) is 6.10 Å². The minimum Gasteiger partial charge on any atom is -0.393 e.